The molecule has 0 unspecified atom stereocenters. The van der Waals surface area contributed by atoms with Crippen LogP contribution in [0.25, 0.3) is 0 Å². The molecule has 1 fully saturated rings. The molecule has 1 aromatic rings. The lowest BCUT2D eigenvalue weighted by Crippen LogP contribution is -2.34. The summed E-state index contributed by atoms with van der Waals surface area (Å²) in [5, 5.41) is 2.77. The van der Waals surface area contributed by atoms with Gasteiger partial charge in [0.1, 0.15) is 5.75 Å². The van der Waals surface area contributed by atoms with E-state index in [1.165, 1.54) is 0 Å². The molecular weight excluding hydrogens is 268 g/mol. The van der Waals surface area contributed by atoms with E-state index >= 15 is 0 Å². The van der Waals surface area contributed by atoms with Gasteiger partial charge in [-0.1, -0.05) is 12.1 Å². The molecule has 1 aromatic carbocycles. The standard InChI is InChI=1S/C16H22N2O3/c1-13-4-2-5-14(12-13)21-11-3-6-16(20)18-9-7-15(19)17-8-10-18/h2,4-5,12H,3,6-11H2,1H3,(H,17,19). The van der Waals surface area contributed by atoms with Gasteiger partial charge in [-0.25, -0.2) is 0 Å². The molecule has 1 aliphatic heterocycles. The number of nitrogens with zero attached hydrogens (tertiary/aromatic N) is 1. The van der Waals surface area contributed by atoms with E-state index in [9.17, 15) is 9.59 Å². The summed E-state index contributed by atoms with van der Waals surface area (Å²) in [6, 6.07) is 7.87. The van der Waals surface area contributed by atoms with Crippen LogP contribution < -0.4 is 10.1 Å². The van der Waals surface area contributed by atoms with Crippen LogP contribution in [0.5, 0.6) is 5.75 Å². The quantitative estimate of drug-likeness (QED) is 0.836. The number of carbonyl (C=O) groups is 2. The van der Waals surface area contributed by atoms with Gasteiger partial charge in [-0.3, -0.25) is 9.59 Å². The van der Waals surface area contributed by atoms with Crippen molar-refractivity contribution in [2.45, 2.75) is 26.2 Å². The number of hydrogen-bond donors (Lipinski definition) is 1. The molecule has 0 saturated carbocycles. The zero-order valence-corrected chi connectivity index (χ0v) is 12.4. The van der Waals surface area contributed by atoms with Gasteiger partial charge in [0.25, 0.3) is 0 Å². The Morgan fingerprint density at radius 1 is 1.38 bits per heavy atom. The second-order valence-corrected chi connectivity index (χ2v) is 5.25. The van der Waals surface area contributed by atoms with Crippen LogP contribution in [0.1, 0.15) is 24.8 Å². The van der Waals surface area contributed by atoms with Crippen molar-refractivity contribution in [2.24, 2.45) is 0 Å². The largest absolute Gasteiger partial charge is 0.494 e. The molecule has 0 bridgehead atoms. The van der Waals surface area contributed by atoms with Gasteiger partial charge in [0.2, 0.25) is 11.8 Å². The van der Waals surface area contributed by atoms with Crippen molar-refractivity contribution in [2.75, 3.05) is 26.2 Å². The topological polar surface area (TPSA) is 58.6 Å². The number of carbonyl (C=O) groups excluding carboxylic acids is 2. The SMILES string of the molecule is Cc1cccc(OCCCC(=O)N2CCNC(=O)CC2)c1. The summed E-state index contributed by atoms with van der Waals surface area (Å²) in [6.07, 6.45) is 1.54. The summed E-state index contributed by atoms with van der Waals surface area (Å²) in [4.78, 5) is 25.0. The fourth-order valence-corrected chi connectivity index (χ4v) is 2.29. The normalized spacial score (nSPS) is 15.3. The van der Waals surface area contributed by atoms with Gasteiger partial charge >= 0.3 is 0 Å². The number of amides is 2. The minimum atomic E-state index is 0.0214. The first-order chi connectivity index (χ1) is 10.1. The van der Waals surface area contributed by atoms with E-state index in [0.29, 0.717) is 45.5 Å². The highest BCUT2D eigenvalue weighted by Gasteiger charge is 2.17. The van der Waals surface area contributed by atoms with Crippen LogP contribution in [0.15, 0.2) is 24.3 Å². The van der Waals surface area contributed by atoms with E-state index in [2.05, 4.69) is 5.32 Å². The van der Waals surface area contributed by atoms with E-state index in [-0.39, 0.29) is 11.8 Å². The molecule has 0 spiro atoms. The first-order valence-corrected chi connectivity index (χ1v) is 7.39. The summed E-state index contributed by atoms with van der Waals surface area (Å²) in [5.74, 6) is 0.958. The second-order valence-electron chi connectivity index (χ2n) is 5.25. The number of ether oxygens (including phenoxy) is 1. The number of aryl methyl sites for hydroxylation is 1. The maximum Gasteiger partial charge on any atom is 0.222 e. The van der Waals surface area contributed by atoms with Crippen molar-refractivity contribution in [3.8, 4) is 5.75 Å². The number of benzene rings is 1. The molecule has 1 saturated heterocycles. The van der Waals surface area contributed by atoms with Gasteiger partial charge in [0, 0.05) is 32.5 Å². The lowest BCUT2D eigenvalue weighted by molar-refractivity contribution is -0.131. The van der Waals surface area contributed by atoms with Crippen LogP contribution >= 0.6 is 0 Å². The molecular formula is C16H22N2O3. The van der Waals surface area contributed by atoms with Crippen molar-refractivity contribution in [3.05, 3.63) is 29.8 Å². The lowest BCUT2D eigenvalue weighted by atomic mass is 10.2. The third-order valence-electron chi connectivity index (χ3n) is 3.46. The Balaban J connectivity index is 1.68. The molecule has 5 heteroatoms. The van der Waals surface area contributed by atoms with Gasteiger partial charge in [-0.2, -0.15) is 0 Å². The van der Waals surface area contributed by atoms with Crippen LogP contribution in [-0.4, -0.2) is 43.0 Å². The van der Waals surface area contributed by atoms with Crippen LogP contribution in [0.3, 0.4) is 0 Å². The van der Waals surface area contributed by atoms with Crippen molar-refractivity contribution in [1.82, 2.24) is 10.2 Å². The Hall–Kier alpha value is -2.04. The monoisotopic (exact) mass is 290 g/mol. The molecule has 0 aliphatic carbocycles. The molecule has 2 rings (SSSR count). The minimum absolute atomic E-state index is 0.0214. The van der Waals surface area contributed by atoms with Crippen LogP contribution in [-0.2, 0) is 9.59 Å². The molecule has 5 nitrogen and oxygen atoms in total. The zero-order chi connectivity index (χ0) is 15.1. The predicted molar refractivity (Wildman–Crippen MR) is 80.1 cm³/mol. The molecule has 1 aliphatic rings. The van der Waals surface area contributed by atoms with Gasteiger partial charge in [0.05, 0.1) is 6.61 Å². The van der Waals surface area contributed by atoms with E-state index < -0.39 is 0 Å². The first-order valence-electron chi connectivity index (χ1n) is 7.39. The summed E-state index contributed by atoms with van der Waals surface area (Å²) >= 11 is 0. The first kappa shape index (κ1) is 15.4. The van der Waals surface area contributed by atoms with E-state index in [0.717, 1.165) is 11.3 Å². The summed E-state index contributed by atoms with van der Waals surface area (Å²) < 4.78 is 5.63. The average molecular weight is 290 g/mol. The molecule has 114 valence electrons. The highest BCUT2D eigenvalue weighted by molar-refractivity contribution is 5.80. The van der Waals surface area contributed by atoms with Gasteiger partial charge in [-0.05, 0) is 31.0 Å². The molecule has 1 N–H and O–H groups in total. The molecule has 0 atom stereocenters. The summed E-state index contributed by atoms with van der Waals surface area (Å²) in [5.41, 5.74) is 1.16. The summed E-state index contributed by atoms with van der Waals surface area (Å²) in [7, 11) is 0. The smallest absolute Gasteiger partial charge is 0.222 e. The van der Waals surface area contributed by atoms with Crippen molar-refractivity contribution in [1.29, 1.82) is 0 Å². The van der Waals surface area contributed by atoms with Crippen molar-refractivity contribution < 1.29 is 14.3 Å². The molecule has 0 aromatic heterocycles. The summed E-state index contributed by atoms with van der Waals surface area (Å²) in [6.45, 7) is 4.21. The molecule has 1 heterocycles. The Morgan fingerprint density at radius 2 is 2.24 bits per heavy atom. The maximum atomic E-state index is 12.1. The molecule has 2 amide bonds. The van der Waals surface area contributed by atoms with Gasteiger partial charge in [-0.15, -0.1) is 0 Å². The van der Waals surface area contributed by atoms with Gasteiger partial charge in [0.15, 0.2) is 0 Å². The van der Waals surface area contributed by atoms with Crippen molar-refractivity contribution in [3.63, 3.8) is 0 Å². The fourth-order valence-electron chi connectivity index (χ4n) is 2.29. The van der Waals surface area contributed by atoms with E-state index in [4.69, 9.17) is 4.74 Å². The molecule has 0 radical (unpaired) electrons. The number of rotatable bonds is 5. The Labute approximate surface area is 125 Å². The maximum absolute atomic E-state index is 12.1. The number of hydrogen-bond acceptors (Lipinski definition) is 3. The van der Waals surface area contributed by atoms with Crippen LogP contribution in [0, 0.1) is 6.92 Å². The van der Waals surface area contributed by atoms with Crippen LogP contribution in [0.4, 0.5) is 0 Å². The van der Waals surface area contributed by atoms with Crippen molar-refractivity contribution >= 4 is 11.8 Å². The Bertz CT molecular complexity index is 502. The number of nitrogens with one attached hydrogen (secondary N) is 1. The third kappa shape index (κ3) is 5.10. The zero-order valence-electron chi connectivity index (χ0n) is 12.4. The Kier molecular flexibility index (Phi) is 5.60. The fraction of sp³-hybridized carbons (Fsp3) is 0.500. The Morgan fingerprint density at radius 3 is 3.05 bits per heavy atom. The van der Waals surface area contributed by atoms with E-state index in [1.807, 2.05) is 31.2 Å². The highest BCUT2D eigenvalue weighted by atomic mass is 16.5. The average Bonchev–Trinajstić information content (AvgIpc) is 2.68. The van der Waals surface area contributed by atoms with Gasteiger partial charge < -0.3 is 15.0 Å². The van der Waals surface area contributed by atoms with Crippen LogP contribution in [0.2, 0.25) is 0 Å². The second kappa shape index (κ2) is 7.67. The van der Waals surface area contributed by atoms with E-state index in [1.54, 1.807) is 4.90 Å². The molecule has 21 heavy (non-hydrogen) atoms. The predicted octanol–water partition coefficient (Wildman–Crippen LogP) is 1.50. The third-order valence-corrected chi connectivity index (χ3v) is 3.46. The highest BCUT2D eigenvalue weighted by Crippen LogP contribution is 2.13. The lowest BCUT2D eigenvalue weighted by Gasteiger charge is -2.19. The minimum Gasteiger partial charge on any atom is -0.494 e.